The first kappa shape index (κ1) is 16.1. The van der Waals surface area contributed by atoms with E-state index in [1.165, 1.54) is 46.5 Å². The van der Waals surface area contributed by atoms with Gasteiger partial charge in [-0.25, -0.2) is 9.97 Å². The van der Waals surface area contributed by atoms with Crippen molar-refractivity contribution in [2.24, 2.45) is 5.73 Å². The van der Waals surface area contributed by atoms with Crippen molar-refractivity contribution < 1.29 is 0 Å². The normalized spacial score (nSPS) is 14.1. The summed E-state index contributed by atoms with van der Waals surface area (Å²) in [4.78, 5) is 9.21. The Morgan fingerprint density at radius 1 is 1.04 bits per heavy atom. The van der Waals surface area contributed by atoms with Gasteiger partial charge in [-0.05, 0) is 63.1 Å². The third kappa shape index (κ3) is 2.42. The highest BCUT2D eigenvalue weighted by molar-refractivity contribution is 5.93. The lowest BCUT2D eigenvalue weighted by atomic mass is 9.95. The molecule has 1 aliphatic carbocycles. The van der Waals surface area contributed by atoms with E-state index in [9.17, 15) is 0 Å². The number of anilines is 1. The summed E-state index contributed by atoms with van der Waals surface area (Å²) >= 11 is 0. The SMILES string of the molecule is Cc1cc(C)c(-n2c3c(c4c(N)nc(CN)nc42)CCCC3)c(C)c1. The molecule has 0 atom stereocenters. The predicted molar refractivity (Wildman–Crippen MR) is 102 cm³/mol. The van der Waals surface area contributed by atoms with E-state index in [4.69, 9.17) is 16.5 Å². The van der Waals surface area contributed by atoms with E-state index in [-0.39, 0.29) is 0 Å². The van der Waals surface area contributed by atoms with Gasteiger partial charge in [0.05, 0.1) is 17.6 Å². The fourth-order valence-corrected chi connectivity index (χ4v) is 4.35. The number of nitrogens with zero attached hydrogens (tertiary/aromatic N) is 3. The average Bonchev–Trinajstić information content (AvgIpc) is 2.89. The Balaban J connectivity index is 2.15. The van der Waals surface area contributed by atoms with Gasteiger partial charge < -0.3 is 11.5 Å². The van der Waals surface area contributed by atoms with E-state index >= 15 is 0 Å². The Morgan fingerprint density at radius 2 is 1.72 bits per heavy atom. The van der Waals surface area contributed by atoms with Crippen LogP contribution in [0, 0.1) is 20.8 Å². The number of nitrogens with two attached hydrogens (primary N) is 2. The van der Waals surface area contributed by atoms with Gasteiger partial charge in [-0.15, -0.1) is 0 Å². The fraction of sp³-hybridized carbons (Fsp3) is 0.400. The van der Waals surface area contributed by atoms with Gasteiger partial charge in [-0.2, -0.15) is 0 Å². The molecule has 0 saturated heterocycles. The molecule has 5 nitrogen and oxygen atoms in total. The van der Waals surface area contributed by atoms with Crippen LogP contribution in [-0.4, -0.2) is 14.5 Å². The number of nitrogen functional groups attached to an aromatic ring is 1. The molecule has 25 heavy (non-hydrogen) atoms. The van der Waals surface area contributed by atoms with Gasteiger partial charge >= 0.3 is 0 Å². The van der Waals surface area contributed by atoms with Crippen molar-refractivity contribution in [3.05, 3.63) is 45.9 Å². The summed E-state index contributed by atoms with van der Waals surface area (Å²) in [7, 11) is 0. The van der Waals surface area contributed by atoms with Crippen molar-refractivity contribution in [1.82, 2.24) is 14.5 Å². The Kier molecular flexibility index (Phi) is 3.76. The minimum absolute atomic E-state index is 0.294. The molecule has 4 N–H and O–H groups in total. The predicted octanol–water partition coefficient (Wildman–Crippen LogP) is 3.27. The van der Waals surface area contributed by atoms with E-state index in [0.717, 1.165) is 23.9 Å². The molecule has 130 valence electrons. The van der Waals surface area contributed by atoms with Crippen molar-refractivity contribution in [1.29, 1.82) is 0 Å². The van der Waals surface area contributed by atoms with Crippen LogP contribution in [0.3, 0.4) is 0 Å². The molecule has 4 rings (SSSR count). The van der Waals surface area contributed by atoms with Crippen LogP contribution in [0.4, 0.5) is 5.82 Å². The standard InChI is InChI=1S/C20H25N5/c1-11-8-12(2)18(13(3)9-11)25-15-7-5-4-6-14(15)17-19(22)23-16(10-21)24-20(17)25/h8-9H,4-7,10,21H2,1-3H3,(H2,22,23,24). The molecule has 2 heterocycles. The van der Waals surface area contributed by atoms with Crippen LogP contribution in [0.5, 0.6) is 0 Å². The summed E-state index contributed by atoms with van der Waals surface area (Å²) in [6.45, 7) is 6.77. The summed E-state index contributed by atoms with van der Waals surface area (Å²) in [6.07, 6.45) is 4.48. The molecule has 0 unspecified atom stereocenters. The number of benzene rings is 1. The molecule has 0 fully saturated rings. The van der Waals surface area contributed by atoms with Gasteiger partial charge in [0.15, 0.2) is 5.65 Å². The largest absolute Gasteiger partial charge is 0.383 e. The first-order chi connectivity index (χ1) is 12.0. The van der Waals surface area contributed by atoms with Crippen molar-refractivity contribution in [2.45, 2.75) is 53.0 Å². The van der Waals surface area contributed by atoms with Crippen LogP contribution in [-0.2, 0) is 19.4 Å². The van der Waals surface area contributed by atoms with Crippen LogP contribution in [0.2, 0.25) is 0 Å². The number of hydrogen-bond donors (Lipinski definition) is 2. The molecular formula is C20H25N5. The minimum atomic E-state index is 0.294. The molecule has 1 aromatic carbocycles. The van der Waals surface area contributed by atoms with Crippen molar-refractivity contribution in [3.8, 4) is 5.69 Å². The summed E-state index contributed by atoms with van der Waals surface area (Å²) in [5.41, 5.74) is 20.7. The lowest BCUT2D eigenvalue weighted by Gasteiger charge is -2.19. The number of fused-ring (bicyclic) bond motifs is 3. The Labute approximate surface area is 148 Å². The zero-order valence-electron chi connectivity index (χ0n) is 15.2. The second-order valence-electron chi connectivity index (χ2n) is 7.14. The van der Waals surface area contributed by atoms with E-state index < -0.39 is 0 Å². The quantitative estimate of drug-likeness (QED) is 0.753. The monoisotopic (exact) mass is 335 g/mol. The minimum Gasteiger partial charge on any atom is -0.383 e. The topological polar surface area (TPSA) is 82.8 Å². The highest BCUT2D eigenvalue weighted by atomic mass is 15.1. The molecule has 3 aromatic rings. The van der Waals surface area contributed by atoms with E-state index in [1.54, 1.807) is 0 Å². The van der Waals surface area contributed by atoms with Gasteiger partial charge in [0, 0.05) is 5.69 Å². The van der Waals surface area contributed by atoms with Crippen LogP contribution in [0.1, 0.15) is 46.6 Å². The molecule has 0 amide bonds. The first-order valence-electron chi connectivity index (χ1n) is 8.98. The third-order valence-corrected chi connectivity index (χ3v) is 5.23. The number of aromatic nitrogens is 3. The van der Waals surface area contributed by atoms with Gasteiger partial charge in [-0.1, -0.05) is 17.7 Å². The maximum absolute atomic E-state index is 6.33. The smallest absolute Gasteiger partial charge is 0.150 e. The van der Waals surface area contributed by atoms with Gasteiger partial charge in [0.25, 0.3) is 0 Å². The molecule has 0 radical (unpaired) electrons. The van der Waals surface area contributed by atoms with Crippen LogP contribution < -0.4 is 11.5 Å². The van der Waals surface area contributed by atoms with Gasteiger partial charge in [-0.3, -0.25) is 4.57 Å². The molecule has 0 aliphatic heterocycles. The van der Waals surface area contributed by atoms with Gasteiger partial charge in [0.2, 0.25) is 0 Å². The summed E-state index contributed by atoms with van der Waals surface area (Å²) in [5, 5.41) is 1.02. The fourth-order valence-electron chi connectivity index (χ4n) is 4.35. The first-order valence-corrected chi connectivity index (χ1v) is 8.98. The molecule has 1 aliphatic rings. The number of hydrogen-bond acceptors (Lipinski definition) is 4. The van der Waals surface area contributed by atoms with Crippen LogP contribution in [0.15, 0.2) is 12.1 Å². The van der Waals surface area contributed by atoms with E-state index in [2.05, 4.69) is 42.5 Å². The molecule has 0 saturated carbocycles. The van der Waals surface area contributed by atoms with Gasteiger partial charge in [0.1, 0.15) is 11.6 Å². The lowest BCUT2D eigenvalue weighted by Crippen LogP contribution is -2.10. The summed E-state index contributed by atoms with van der Waals surface area (Å²) in [5.74, 6) is 1.16. The van der Waals surface area contributed by atoms with E-state index in [0.29, 0.717) is 18.2 Å². The average molecular weight is 335 g/mol. The van der Waals surface area contributed by atoms with Crippen molar-refractivity contribution in [3.63, 3.8) is 0 Å². The Hall–Kier alpha value is -2.40. The zero-order chi connectivity index (χ0) is 17.7. The second-order valence-corrected chi connectivity index (χ2v) is 7.14. The Morgan fingerprint density at radius 3 is 2.40 bits per heavy atom. The van der Waals surface area contributed by atoms with Crippen LogP contribution in [0.25, 0.3) is 16.7 Å². The number of rotatable bonds is 2. The maximum Gasteiger partial charge on any atom is 0.150 e. The molecule has 0 bridgehead atoms. The molecule has 2 aromatic heterocycles. The third-order valence-electron chi connectivity index (χ3n) is 5.23. The highest BCUT2D eigenvalue weighted by Crippen LogP contribution is 2.37. The maximum atomic E-state index is 6.33. The summed E-state index contributed by atoms with van der Waals surface area (Å²) < 4.78 is 2.32. The molecular weight excluding hydrogens is 310 g/mol. The highest BCUT2D eigenvalue weighted by Gasteiger charge is 2.25. The van der Waals surface area contributed by atoms with Crippen LogP contribution >= 0.6 is 0 Å². The molecule has 5 heteroatoms. The summed E-state index contributed by atoms with van der Waals surface area (Å²) in [6, 6.07) is 4.47. The zero-order valence-corrected chi connectivity index (χ0v) is 15.2. The number of aryl methyl sites for hydroxylation is 4. The molecule has 0 spiro atoms. The van der Waals surface area contributed by atoms with Crippen molar-refractivity contribution in [2.75, 3.05) is 5.73 Å². The van der Waals surface area contributed by atoms with Crippen molar-refractivity contribution >= 4 is 16.9 Å². The lowest BCUT2D eigenvalue weighted by molar-refractivity contribution is 0.665. The second kappa shape index (κ2) is 5.85. The van der Waals surface area contributed by atoms with E-state index in [1.807, 2.05) is 0 Å². The Bertz CT molecular complexity index is 961.